The number of anilines is 1. The van der Waals surface area contributed by atoms with Crippen LogP contribution < -0.4 is 10.2 Å². The van der Waals surface area contributed by atoms with Crippen molar-refractivity contribution in [3.05, 3.63) is 63.6 Å². The Labute approximate surface area is 196 Å². The number of carbonyl (C=O) groups is 3. The maximum Gasteiger partial charge on any atom is 0.324 e. The quantitative estimate of drug-likeness (QED) is 0.617. The second-order valence-corrected chi connectivity index (χ2v) is 9.86. The Hall–Kier alpha value is -2.41. The molecule has 0 saturated carbocycles. The maximum absolute atomic E-state index is 13.7. The summed E-state index contributed by atoms with van der Waals surface area (Å²) in [4.78, 5) is 41.0. The number of rotatable bonds is 5. The molecule has 2 amide bonds. The first kappa shape index (κ1) is 22.8. The van der Waals surface area contributed by atoms with E-state index in [1.54, 1.807) is 6.07 Å². The van der Waals surface area contributed by atoms with Gasteiger partial charge in [0.05, 0.1) is 22.5 Å². The fraction of sp³-hybridized carbons (Fsp3) is 0.375. The van der Waals surface area contributed by atoms with Gasteiger partial charge in [0.2, 0.25) is 11.8 Å². The molecule has 2 N–H and O–H groups in total. The molecule has 8 heteroatoms. The minimum absolute atomic E-state index is 0.0212. The average molecular weight is 475 g/mol. The molecule has 2 fully saturated rings. The van der Waals surface area contributed by atoms with E-state index in [0.717, 1.165) is 16.0 Å². The summed E-state index contributed by atoms with van der Waals surface area (Å²) >= 11 is 12.3. The van der Waals surface area contributed by atoms with Gasteiger partial charge in [-0.25, -0.2) is 4.90 Å². The van der Waals surface area contributed by atoms with Gasteiger partial charge in [-0.05, 0) is 43.0 Å². The number of halogens is 2. The zero-order chi connectivity index (χ0) is 23.4. The number of aliphatic carboxylic acids is 1. The largest absolute Gasteiger partial charge is 0.480 e. The number of fused-ring (bicyclic) bond motifs is 1. The Kier molecular flexibility index (Phi) is 5.82. The molecule has 0 aromatic heterocycles. The fourth-order valence-electron chi connectivity index (χ4n) is 5.08. The van der Waals surface area contributed by atoms with E-state index in [-0.39, 0.29) is 23.0 Å². The SMILES string of the molecule is Cc1ccc([C@@H]2N[C@](CC(C)C)(C(=O)O)[C@H]3C(=O)N(c4ccc(Cl)cc4Cl)C(=O)[C@@H]23)cc1. The Morgan fingerprint density at radius 3 is 2.34 bits per heavy atom. The van der Waals surface area contributed by atoms with Crippen molar-refractivity contribution in [2.24, 2.45) is 17.8 Å². The lowest BCUT2D eigenvalue weighted by atomic mass is 9.75. The van der Waals surface area contributed by atoms with Crippen LogP contribution >= 0.6 is 23.2 Å². The summed E-state index contributed by atoms with van der Waals surface area (Å²) in [7, 11) is 0. The topological polar surface area (TPSA) is 86.7 Å². The molecule has 2 aliphatic rings. The summed E-state index contributed by atoms with van der Waals surface area (Å²) in [5, 5.41) is 14.1. The highest BCUT2D eigenvalue weighted by atomic mass is 35.5. The van der Waals surface area contributed by atoms with Gasteiger partial charge in [0.1, 0.15) is 5.54 Å². The predicted octanol–water partition coefficient (Wildman–Crippen LogP) is 4.62. The standard InChI is InChI=1S/C24H24Cl2N2O4/c1-12(2)11-24(23(31)32)19-18(20(27-24)14-6-4-13(3)5-7-14)21(29)28(22(19)30)17-9-8-15(25)10-16(17)26/h4-10,12,18-20,27H,11H2,1-3H3,(H,31,32)/t18-,19-,20+,24+/m1/s1. The number of carboxylic acid groups (broad SMARTS) is 1. The van der Waals surface area contributed by atoms with Crippen molar-refractivity contribution in [2.45, 2.75) is 38.8 Å². The third kappa shape index (κ3) is 3.51. The van der Waals surface area contributed by atoms with Crippen LogP contribution in [-0.2, 0) is 14.4 Å². The summed E-state index contributed by atoms with van der Waals surface area (Å²) in [6, 6.07) is 11.4. The van der Waals surface area contributed by atoms with E-state index in [0.29, 0.717) is 5.02 Å². The van der Waals surface area contributed by atoms with Crippen molar-refractivity contribution >= 4 is 46.7 Å². The summed E-state index contributed by atoms with van der Waals surface area (Å²) < 4.78 is 0. The van der Waals surface area contributed by atoms with E-state index < -0.39 is 41.2 Å². The van der Waals surface area contributed by atoms with Crippen molar-refractivity contribution in [2.75, 3.05) is 4.90 Å². The van der Waals surface area contributed by atoms with Gasteiger partial charge in [0.25, 0.3) is 0 Å². The van der Waals surface area contributed by atoms with E-state index in [1.807, 2.05) is 45.0 Å². The van der Waals surface area contributed by atoms with Crippen molar-refractivity contribution in [1.82, 2.24) is 5.32 Å². The predicted molar refractivity (Wildman–Crippen MR) is 123 cm³/mol. The van der Waals surface area contributed by atoms with Crippen LogP contribution in [0.4, 0.5) is 5.69 Å². The molecule has 2 aliphatic heterocycles. The van der Waals surface area contributed by atoms with Gasteiger partial charge in [0, 0.05) is 11.1 Å². The van der Waals surface area contributed by atoms with E-state index in [9.17, 15) is 19.5 Å². The highest BCUT2D eigenvalue weighted by Crippen LogP contribution is 2.52. The normalized spacial score (nSPS) is 27.3. The number of benzene rings is 2. The average Bonchev–Trinajstić information content (AvgIpc) is 3.18. The summed E-state index contributed by atoms with van der Waals surface area (Å²) in [5.41, 5.74) is 0.447. The van der Waals surface area contributed by atoms with Gasteiger partial charge >= 0.3 is 5.97 Å². The van der Waals surface area contributed by atoms with Crippen LogP contribution in [0.25, 0.3) is 0 Å². The Morgan fingerprint density at radius 2 is 1.78 bits per heavy atom. The smallest absolute Gasteiger partial charge is 0.324 e. The highest BCUT2D eigenvalue weighted by molar-refractivity contribution is 6.38. The number of imide groups is 1. The van der Waals surface area contributed by atoms with E-state index in [2.05, 4.69) is 5.32 Å². The fourth-order valence-corrected chi connectivity index (χ4v) is 5.57. The molecule has 0 unspecified atom stereocenters. The van der Waals surface area contributed by atoms with Crippen LogP contribution in [-0.4, -0.2) is 28.4 Å². The first-order valence-corrected chi connectivity index (χ1v) is 11.2. The van der Waals surface area contributed by atoms with Gasteiger partial charge in [-0.1, -0.05) is 66.9 Å². The van der Waals surface area contributed by atoms with Gasteiger partial charge in [0.15, 0.2) is 0 Å². The Bertz CT molecular complexity index is 1100. The van der Waals surface area contributed by atoms with Crippen molar-refractivity contribution < 1.29 is 19.5 Å². The minimum Gasteiger partial charge on any atom is -0.480 e. The Balaban J connectivity index is 1.88. The summed E-state index contributed by atoms with van der Waals surface area (Å²) in [5.74, 6) is -4.11. The van der Waals surface area contributed by atoms with Crippen LogP contribution in [0.5, 0.6) is 0 Å². The highest BCUT2D eigenvalue weighted by Gasteiger charge is 2.68. The molecule has 2 saturated heterocycles. The van der Waals surface area contributed by atoms with Crippen molar-refractivity contribution in [1.29, 1.82) is 0 Å². The first-order chi connectivity index (χ1) is 15.1. The lowest BCUT2D eigenvalue weighted by Gasteiger charge is -2.32. The number of carbonyl (C=O) groups excluding carboxylic acids is 2. The van der Waals surface area contributed by atoms with Gasteiger partial charge in [-0.3, -0.25) is 19.7 Å². The zero-order valence-corrected chi connectivity index (χ0v) is 19.4. The number of carboxylic acids is 1. The number of amides is 2. The van der Waals surface area contributed by atoms with E-state index in [1.165, 1.54) is 12.1 Å². The molecule has 0 bridgehead atoms. The monoisotopic (exact) mass is 474 g/mol. The minimum atomic E-state index is -1.57. The molecule has 2 aromatic carbocycles. The van der Waals surface area contributed by atoms with Crippen LogP contribution in [0.15, 0.2) is 42.5 Å². The molecule has 0 radical (unpaired) electrons. The van der Waals surface area contributed by atoms with Crippen LogP contribution in [0, 0.1) is 24.7 Å². The first-order valence-electron chi connectivity index (χ1n) is 10.5. The lowest BCUT2D eigenvalue weighted by Crippen LogP contribution is -2.56. The molecule has 0 spiro atoms. The Morgan fingerprint density at radius 1 is 1.12 bits per heavy atom. The third-order valence-electron chi connectivity index (χ3n) is 6.35. The van der Waals surface area contributed by atoms with Gasteiger partial charge < -0.3 is 5.11 Å². The van der Waals surface area contributed by atoms with Crippen LogP contribution in [0.3, 0.4) is 0 Å². The van der Waals surface area contributed by atoms with Crippen LogP contribution in [0.2, 0.25) is 10.0 Å². The molecule has 168 valence electrons. The lowest BCUT2D eigenvalue weighted by molar-refractivity contribution is -0.149. The molecule has 4 atom stereocenters. The second-order valence-electron chi connectivity index (χ2n) is 9.02. The summed E-state index contributed by atoms with van der Waals surface area (Å²) in [6.07, 6.45) is 0.201. The molecule has 32 heavy (non-hydrogen) atoms. The van der Waals surface area contributed by atoms with Gasteiger partial charge in [-0.15, -0.1) is 0 Å². The van der Waals surface area contributed by atoms with E-state index in [4.69, 9.17) is 23.2 Å². The third-order valence-corrected chi connectivity index (χ3v) is 6.89. The van der Waals surface area contributed by atoms with Crippen molar-refractivity contribution in [3.63, 3.8) is 0 Å². The molecule has 4 rings (SSSR count). The van der Waals surface area contributed by atoms with Crippen molar-refractivity contribution in [3.8, 4) is 0 Å². The van der Waals surface area contributed by atoms with E-state index >= 15 is 0 Å². The molecule has 2 heterocycles. The molecule has 0 aliphatic carbocycles. The molecule has 2 aromatic rings. The number of nitrogens with zero attached hydrogens (tertiary/aromatic N) is 1. The molecular formula is C24H24Cl2N2O4. The zero-order valence-electron chi connectivity index (χ0n) is 17.9. The number of hydrogen-bond donors (Lipinski definition) is 2. The molecular weight excluding hydrogens is 451 g/mol. The number of nitrogens with one attached hydrogen (secondary N) is 1. The maximum atomic E-state index is 13.7. The number of hydrogen-bond acceptors (Lipinski definition) is 4. The second kappa shape index (κ2) is 8.18. The molecule has 6 nitrogen and oxygen atoms in total. The van der Waals surface area contributed by atoms with Crippen LogP contribution in [0.1, 0.15) is 37.4 Å². The number of aryl methyl sites for hydroxylation is 1. The summed E-state index contributed by atoms with van der Waals surface area (Å²) in [6.45, 7) is 5.74. The van der Waals surface area contributed by atoms with Gasteiger partial charge in [-0.2, -0.15) is 0 Å².